The first kappa shape index (κ1) is 13.1. The molecule has 0 radical (unpaired) electrons. The number of para-hydroxylation sites is 1. The predicted octanol–water partition coefficient (Wildman–Crippen LogP) is -0.870. The Morgan fingerprint density at radius 2 is 2.00 bits per heavy atom. The summed E-state index contributed by atoms with van der Waals surface area (Å²) in [4.78, 5) is 4.02. The van der Waals surface area contributed by atoms with Crippen molar-refractivity contribution in [3.8, 4) is 0 Å². The molecule has 0 aliphatic rings. The minimum atomic E-state index is -2.34. The first-order chi connectivity index (χ1) is 6.70. The molecule has 0 amide bonds. The van der Waals surface area contributed by atoms with Crippen LogP contribution >= 0.6 is 11.6 Å². The molecule has 2 aromatic rings. The second kappa shape index (κ2) is 5.39. The monoisotopic (exact) mass is 249 g/mol. The van der Waals surface area contributed by atoms with Gasteiger partial charge in [-0.05, 0) is 17.1 Å². The molecule has 0 saturated heterocycles. The summed E-state index contributed by atoms with van der Waals surface area (Å²) >= 11 is 3.56. The van der Waals surface area contributed by atoms with Crippen LogP contribution in [0.3, 0.4) is 0 Å². The Kier molecular flexibility index (Phi) is 4.70. The Hall–Kier alpha value is 0.0300. The van der Waals surface area contributed by atoms with Crippen LogP contribution in [-0.2, 0) is 11.1 Å². The molecule has 0 N–H and O–H groups in total. The van der Waals surface area contributed by atoms with Crippen LogP contribution in [0.2, 0.25) is 5.02 Å². The minimum absolute atomic E-state index is 0. The molecule has 1 aromatic carbocycles. The van der Waals surface area contributed by atoms with Crippen LogP contribution < -0.4 is 29.6 Å². The summed E-state index contributed by atoms with van der Waals surface area (Å²) in [6, 6.07) is 7.12. The van der Waals surface area contributed by atoms with Crippen LogP contribution in [0.1, 0.15) is 0 Å². The molecular formula is C9H5ClNNaO2S. The van der Waals surface area contributed by atoms with E-state index in [1.54, 1.807) is 18.2 Å². The SMILES string of the molecule is O=S([O-])c1cnc2ccccc2c1Cl.[Na+]. The van der Waals surface area contributed by atoms with E-state index in [1.807, 2.05) is 6.07 Å². The van der Waals surface area contributed by atoms with Crippen molar-refractivity contribution in [1.29, 1.82) is 0 Å². The first-order valence-electron chi connectivity index (χ1n) is 3.82. The van der Waals surface area contributed by atoms with Crippen molar-refractivity contribution in [3.63, 3.8) is 0 Å². The fraction of sp³-hybridized carbons (Fsp3) is 0. The van der Waals surface area contributed by atoms with Crippen LogP contribution in [0.25, 0.3) is 10.9 Å². The number of benzene rings is 1. The summed E-state index contributed by atoms with van der Waals surface area (Å²) in [5.41, 5.74) is 0.687. The van der Waals surface area contributed by atoms with Crippen molar-refractivity contribution >= 4 is 33.6 Å². The fourth-order valence-electron chi connectivity index (χ4n) is 1.21. The largest absolute Gasteiger partial charge is 1.00 e. The number of hydrogen-bond donors (Lipinski definition) is 0. The van der Waals surface area contributed by atoms with Gasteiger partial charge in [-0.25, -0.2) is 0 Å². The zero-order valence-corrected chi connectivity index (χ0v) is 11.5. The molecule has 72 valence electrons. The van der Waals surface area contributed by atoms with Crippen LogP contribution in [-0.4, -0.2) is 13.7 Å². The number of rotatable bonds is 1. The molecule has 2 rings (SSSR count). The minimum Gasteiger partial charge on any atom is -0.768 e. The molecule has 15 heavy (non-hydrogen) atoms. The number of halogens is 1. The third kappa shape index (κ3) is 2.58. The van der Waals surface area contributed by atoms with Gasteiger partial charge in [0.15, 0.2) is 0 Å². The topological polar surface area (TPSA) is 53.0 Å². The van der Waals surface area contributed by atoms with Crippen molar-refractivity contribution in [2.24, 2.45) is 0 Å². The van der Waals surface area contributed by atoms with Crippen molar-refractivity contribution in [3.05, 3.63) is 35.5 Å². The standard InChI is InChI=1S/C9H6ClNO2S.Na/c10-9-6-3-1-2-4-7(6)11-5-8(9)14(12)13;/h1-5H,(H,12,13);/q;+1/p-1. The molecule has 0 aliphatic carbocycles. The van der Waals surface area contributed by atoms with Crippen LogP contribution in [0.5, 0.6) is 0 Å². The van der Waals surface area contributed by atoms with E-state index in [0.717, 1.165) is 0 Å². The Balaban J connectivity index is 0.00000112. The zero-order valence-electron chi connectivity index (χ0n) is 7.94. The van der Waals surface area contributed by atoms with Crippen molar-refractivity contribution in [1.82, 2.24) is 4.98 Å². The summed E-state index contributed by atoms with van der Waals surface area (Å²) in [7, 11) is 0. The van der Waals surface area contributed by atoms with E-state index in [1.165, 1.54) is 6.20 Å². The second-order valence-corrected chi connectivity index (χ2v) is 3.98. The third-order valence-corrected chi connectivity index (χ3v) is 3.05. The van der Waals surface area contributed by atoms with Gasteiger partial charge in [-0.1, -0.05) is 29.8 Å². The zero-order chi connectivity index (χ0) is 10.1. The fourth-order valence-corrected chi connectivity index (χ4v) is 2.00. The third-order valence-electron chi connectivity index (χ3n) is 1.86. The molecule has 0 spiro atoms. The van der Waals surface area contributed by atoms with Gasteiger partial charge in [-0.3, -0.25) is 9.19 Å². The average molecular weight is 250 g/mol. The summed E-state index contributed by atoms with van der Waals surface area (Å²) in [5, 5.41) is 0.875. The van der Waals surface area contributed by atoms with Gasteiger partial charge in [0.1, 0.15) is 0 Å². The van der Waals surface area contributed by atoms with Crippen molar-refractivity contribution < 1.29 is 38.3 Å². The molecule has 1 heterocycles. The molecule has 1 aromatic heterocycles. The number of fused-ring (bicyclic) bond motifs is 1. The number of hydrogen-bond acceptors (Lipinski definition) is 3. The molecule has 1 atom stereocenters. The quantitative estimate of drug-likeness (QED) is 0.488. The second-order valence-electron chi connectivity index (χ2n) is 2.69. The summed E-state index contributed by atoms with van der Waals surface area (Å²) in [5.74, 6) is 0. The van der Waals surface area contributed by atoms with Gasteiger partial charge in [-0.15, -0.1) is 0 Å². The predicted molar refractivity (Wildman–Crippen MR) is 53.9 cm³/mol. The number of pyridine rings is 1. The van der Waals surface area contributed by atoms with Crippen LogP contribution in [0.4, 0.5) is 0 Å². The Morgan fingerprint density at radius 3 is 2.67 bits per heavy atom. The van der Waals surface area contributed by atoms with Gasteiger partial charge in [0.25, 0.3) is 0 Å². The molecule has 0 aliphatic heterocycles. The first-order valence-corrected chi connectivity index (χ1v) is 5.28. The van der Waals surface area contributed by atoms with Gasteiger partial charge in [0, 0.05) is 11.6 Å². The molecule has 3 nitrogen and oxygen atoms in total. The maximum Gasteiger partial charge on any atom is 1.00 e. The summed E-state index contributed by atoms with van der Waals surface area (Å²) in [6.45, 7) is 0. The van der Waals surface area contributed by atoms with E-state index in [4.69, 9.17) is 11.6 Å². The summed E-state index contributed by atoms with van der Waals surface area (Å²) < 4.78 is 21.5. The van der Waals surface area contributed by atoms with E-state index in [-0.39, 0.29) is 39.5 Å². The smallest absolute Gasteiger partial charge is 0.768 e. The van der Waals surface area contributed by atoms with Gasteiger partial charge in [0.05, 0.1) is 15.4 Å². The molecule has 0 fully saturated rings. The molecule has 1 unspecified atom stereocenters. The Labute approximate surface area is 116 Å². The van der Waals surface area contributed by atoms with E-state index in [9.17, 15) is 8.76 Å². The summed E-state index contributed by atoms with van der Waals surface area (Å²) in [6.07, 6.45) is 1.26. The van der Waals surface area contributed by atoms with E-state index < -0.39 is 11.1 Å². The van der Waals surface area contributed by atoms with E-state index >= 15 is 0 Å². The van der Waals surface area contributed by atoms with E-state index in [2.05, 4.69) is 4.98 Å². The number of nitrogens with zero attached hydrogens (tertiary/aromatic N) is 1. The molecular weight excluding hydrogens is 245 g/mol. The maximum atomic E-state index is 10.7. The normalized spacial score (nSPS) is 12.1. The molecule has 0 saturated carbocycles. The van der Waals surface area contributed by atoms with Gasteiger partial charge >= 0.3 is 29.6 Å². The Bertz CT molecular complexity index is 520. The maximum absolute atomic E-state index is 10.7. The Morgan fingerprint density at radius 1 is 1.33 bits per heavy atom. The molecule has 0 bridgehead atoms. The molecule has 6 heteroatoms. The van der Waals surface area contributed by atoms with Crippen molar-refractivity contribution in [2.45, 2.75) is 4.90 Å². The average Bonchev–Trinajstić information content (AvgIpc) is 2.18. The van der Waals surface area contributed by atoms with Gasteiger partial charge in [0.2, 0.25) is 0 Å². The van der Waals surface area contributed by atoms with Crippen LogP contribution in [0, 0.1) is 0 Å². The van der Waals surface area contributed by atoms with Crippen LogP contribution in [0.15, 0.2) is 35.4 Å². The number of aromatic nitrogens is 1. The van der Waals surface area contributed by atoms with Gasteiger partial charge in [-0.2, -0.15) is 0 Å². The van der Waals surface area contributed by atoms with Gasteiger partial charge < -0.3 is 4.55 Å². The van der Waals surface area contributed by atoms with E-state index in [0.29, 0.717) is 10.9 Å². The van der Waals surface area contributed by atoms with Crippen molar-refractivity contribution in [2.75, 3.05) is 0 Å².